The molecule has 1 N–H and O–H groups in total. The summed E-state index contributed by atoms with van der Waals surface area (Å²) in [5, 5.41) is 3.64. The van der Waals surface area contributed by atoms with E-state index in [0.29, 0.717) is 36.1 Å². The molecule has 33 heavy (non-hydrogen) atoms. The van der Waals surface area contributed by atoms with Crippen molar-refractivity contribution >= 4 is 23.3 Å². The molecule has 1 saturated heterocycles. The van der Waals surface area contributed by atoms with Crippen LogP contribution in [0, 0.1) is 6.92 Å². The molecule has 2 aromatic heterocycles. The zero-order valence-electron chi connectivity index (χ0n) is 19.0. The summed E-state index contributed by atoms with van der Waals surface area (Å²) in [5.74, 6) is 2.17. The highest BCUT2D eigenvalue weighted by Crippen LogP contribution is 2.28. The van der Waals surface area contributed by atoms with Gasteiger partial charge in [-0.15, -0.1) is 0 Å². The minimum atomic E-state index is 0.0491. The first kappa shape index (κ1) is 23.0. The van der Waals surface area contributed by atoms with Gasteiger partial charge in [0.25, 0.3) is 0 Å². The van der Waals surface area contributed by atoms with Crippen LogP contribution in [-0.2, 0) is 11.2 Å². The fraction of sp³-hybridized carbons (Fsp3) is 0.417. The molecular weight excluding hydrogens is 440 g/mol. The highest BCUT2D eigenvalue weighted by Gasteiger charge is 2.27. The maximum absolute atomic E-state index is 12.8. The molecule has 1 amide bonds. The van der Waals surface area contributed by atoms with Gasteiger partial charge in [0.1, 0.15) is 17.9 Å². The van der Waals surface area contributed by atoms with Gasteiger partial charge in [0.05, 0.1) is 12.1 Å². The van der Waals surface area contributed by atoms with E-state index < -0.39 is 0 Å². The van der Waals surface area contributed by atoms with Crippen LogP contribution in [0.15, 0.2) is 43.1 Å². The first-order valence-corrected chi connectivity index (χ1v) is 11.6. The van der Waals surface area contributed by atoms with Crippen LogP contribution in [0.4, 0.5) is 5.82 Å². The van der Waals surface area contributed by atoms with E-state index in [2.05, 4.69) is 20.2 Å². The molecule has 4 rings (SSSR count). The van der Waals surface area contributed by atoms with E-state index in [4.69, 9.17) is 21.3 Å². The predicted molar refractivity (Wildman–Crippen MR) is 128 cm³/mol. The van der Waals surface area contributed by atoms with E-state index in [-0.39, 0.29) is 11.9 Å². The molecule has 174 valence electrons. The number of halogens is 1. The van der Waals surface area contributed by atoms with Crippen molar-refractivity contribution in [1.29, 1.82) is 0 Å². The third kappa shape index (κ3) is 5.63. The molecule has 1 unspecified atom stereocenters. The van der Waals surface area contributed by atoms with Crippen molar-refractivity contribution in [2.45, 2.75) is 45.1 Å². The molecule has 1 aliphatic rings. The maximum Gasteiger partial charge on any atom is 0.236 e. The molecule has 0 spiro atoms. The van der Waals surface area contributed by atoms with Crippen molar-refractivity contribution in [3.63, 3.8) is 0 Å². The van der Waals surface area contributed by atoms with Gasteiger partial charge in [-0.1, -0.05) is 17.7 Å². The zero-order valence-corrected chi connectivity index (χ0v) is 19.8. The smallest absolute Gasteiger partial charge is 0.236 e. The van der Waals surface area contributed by atoms with E-state index >= 15 is 0 Å². The normalized spacial score (nSPS) is 16.0. The van der Waals surface area contributed by atoms with E-state index in [0.717, 1.165) is 42.8 Å². The molecule has 0 radical (unpaired) electrons. The molecule has 0 aliphatic carbocycles. The summed E-state index contributed by atoms with van der Waals surface area (Å²) in [6, 6.07) is 5.81. The molecule has 1 atom stereocenters. The summed E-state index contributed by atoms with van der Waals surface area (Å²) in [5.41, 5.74) is 2.06. The Morgan fingerprint density at radius 1 is 1.33 bits per heavy atom. The van der Waals surface area contributed by atoms with Crippen molar-refractivity contribution in [3.05, 3.63) is 59.3 Å². The summed E-state index contributed by atoms with van der Waals surface area (Å²) in [6.07, 6.45) is 11.4. The molecule has 3 aromatic rings. The fourth-order valence-electron chi connectivity index (χ4n) is 4.21. The van der Waals surface area contributed by atoms with Gasteiger partial charge in [-0.05, 0) is 50.3 Å². The topological polar surface area (TPSA) is 85.2 Å². The molecule has 3 heterocycles. The average molecular weight is 469 g/mol. The predicted octanol–water partition coefficient (Wildman–Crippen LogP) is 3.74. The van der Waals surface area contributed by atoms with Crippen LogP contribution in [0.1, 0.15) is 36.8 Å². The number of benzene rings is 1. The number of rotatable bonds is 8. The summed E-state index contributed by atoms with van der Waals surface area (Å²) < 4.78 is 6.98. The second-order valence-corrected chi connectivity index (χ2v) is 8.67. The van der Waals surface area contributed by atoms with Crippen LogP contribution < -0.4 is 15.0 Å². The number of nitrogens with zero attached hydrogens (tertiary/aromatic N) is 5. The Bertz CT molecular complexity index is 1090. The molecular formula is C24H29ClN6O2. The van der Waals surface area contributed by atoms with E-state index in [1.54, 1.807) is 24.2 Å². The number of aromatic nitrogens is 4. The molecule has 8 nitrogen and oxygen atoms in total. The Balaban J connectivity index is 1.38. The average Bonchev–Trinajstić information content (AvgIpc) is 3.35. The van der Waals surface area contributed by atoms with Crippen LogP contribution in [-0.4, -0.2) is 51.7 Å². The Labute approximate surface area is 199 Å². The Morgan fingerprint density at radius 3 is 2.97 bits per heavy atom. The molecule has 1 aromatic carbocycles. The molecule has 1 fully saturated rings. The first-order valence-electron chi connectivity index (χ1n) is 11.2. The Hall–Kier alpha value is -3.13. The largest absolute Gasteiger partial charge is 0.495 e. The Kier molecular flexibility index (Phi) is 7.44. The summed E-state index contributed by atoms with van der Waals surface area (Å²) in [4.78, 5) is 28.3. The molecule has 0 bridgehead atoms. The van der Waals surface area contributed by atoms with Gasteiger partial charge in [-0.25, -0.2) is 9.97 Å². The molecule has 0 saturated carbocycles. The molecule has 1 aliphatic heterocycles. The number of imidazole rings is 1. The van der Waals surface area contributed by atoms with Gasteiger partial charge in [0, 0.05) is 49.7 Å². The summed E-state index contributed by atoms with van der Waals surface area (Å²) in [6.45, 7) is 3.45. The minimum Gasteiger partial charge on any atom is -0.495 e. The lowest BCUT2D eigenvalue weighted by Gasteiger charge is -2.37. The van der Waals surface area contributed by atoms with E-state index in [9.17, 15) is 4.79 Å². The lowest BCUT2D eigenvalue weighted by atomic mass is 9.98. The van der Waals surface area contributed by atoms with Crippen molar-refractivity contribution in [2.24, 2.45) is 0 Å². The lowest BCUT2D eigenvalue weighted by Crippen LogP contribution is -2.44. The lowest BCUT2D eigenvalue weighted by molar-refractivity contribution is -0.121. The van der Waals surface area contributed by atoms with Gasteiger partial charge in [0.15, 0.2) is 0 Å². The number of anilines is 1. The monoisotopic (exact) mass is 468 g/mol. The van der Waals surface area contributed by atoms with Crippen molar-refractivity contribution in [3.8, 4) is 11.7 Å². The third-order valence-corrected chi connectivity index (χ3v) is 6.24. The highest BCUT2D eigenvalue weighted by atomic mass is 35.5. The number of hydrogen-bond acceptors (Lipinski definition) is 6. The highest BCUT2D eigenvalue weighted by molar-refractivity contribution is 6.32. The third-order valence-electron chi connectivity index (χ3n) is 5.94. The van der Waals surface area contributed by atoms with Crippen molar-refractivity contribution in [2.75, 3.05) is 25.1 Å². The Morgan fingerprint density at radius 2 is 2.21 bits per heavy atom. The van der Waals surface area contributed by atoms with Gasteiger partial charge >= 0.3 is 0 Å². The van der Waals surface area contributed by atoms with E-state index in [1.807, 2.05) is 37.5 Å². The van der Waals surface area contributed by atoms with Gasteiger partial charge in [0.2, 0.25) is 11.9 Å². The van der Waals surface area contributed by atoms with Gasteiger partial charge in [-0.3, -0.25) is 9.36 Å². The number of carbonyl (C=O) groups is 1. The van der Waals surface area contributed by atoms with Crippen LogP contribution in [0.25, 0.3) is 5.95 Å². The second-order valence-electron chi connectivity index (χ2n) is 8.26. The van der Waals surface area contributed by atoms with Crippen molar-refractivity contribution in [1.82, 2.24) is 24.8 Å². The summed E-state index contributed by atoms with van der Waals surface area (Å²) >= 11 is 6.20. The number of aryl methyl sites for hydroxylation is 1. The number of piperidine rings is 1. The van der Waals surface area contributed by atoms with Crippen LogP contribution in [0.2, 0.25) is 5.02 Å². The quantitative estimate of drug-likeness (QED) is 0.542. The number of amides is 1. The first-order chi connectivity index (χ1) is 16.0. The van der Waals surface area contributed by atoms with Gasteiger partial charge in [-0.2, -0.15) is 4.98 Å². The minimum absolute atomic E-state index is 0.0491. The van der Waals surface area contributed by atoms with Gasteiger partial charge < -0.3 is 15.0 Å². The van der Waals surface area contributed by atoms with Crippen molar-refractivity contribution < 1.29 is 9.53 Å². The summed E-state index contributed by atoms with van der Waals surface area (Å²) in [7, 11) is 1.59. The number of hydrogen-bond donors (Lipinski definition) is 1. The number of methoxy groups -OCH3 is 1. The number of ether oxygens (including phenoxy) is 1. The fourth-order valence-corrected chi connectivity index (χ4v) is 4.49. The zero-order chi connectivity index (χ0) is 23.2. The second kappa shape index (κ2) is 10.7. The van der Waals surface area contributed by atoms with E-state index in [1.165, 1.54) is 0 Å². The maximum atomic E-state index is 12.8. The SMILES string of the molecule is COc1ccc(CCNC(=O)CC2CCCCN2c2nc(-n3ccnc3)ncc2C)cc1Cl. The van der Waals surface area contributed by atoms with Crippen LogP contribution in [0.5, 0.6) is 5.75 Å². The number of carbonyl (C=O) groups excluding carboxylic acids is 1. The van der Waals surface area contributed by atoms with Crippen LogP contribution in [0.3, 0.4) is 0 Å². The number of nitrogens with one attached hydrogen (secondary N) is 1. The molecule has 9 heteroatoms. The standard InChI is InChI=1S/C24H29ClN6O2/c1-17-15-28-24(30-12-10-26-16-30)29-23(17)31-11-4-3-5-19(31)14-22(32)27-9-8-18-6-7-21(33-2)20(25)13-18/h6-7,10,12-13,15-16,19H,3-5,8-9,11,14H2,1-2H3,(H,27,32). The van der Waals surface area contributed by atoms with Crippen LogP contribution >= 0.6 is 11.6 Å².